The number of ketones is 1. The number of nitrogens with one attached hydrogen (secondary N) is 1. The minimum absolute atomic E-state index is 0.00417. The number of rotatable bonds is 15. The number of methoxy groups -OCH3 is 1. The zero-order valence-corrected chi connectivity index (χ0v) is 57.1. The Morgan fingerprint density at radius 2 is 1.36 bits per heavy atom. The second-order valence-electron chi connectivity index (χ2n) is 29.2. The molecule has 29 atom stereocenters. The molecule has 6 aliphatic heterocycles. The van der Waals surface area contributed by atoms with Gasteiger partial charge in [0.1, 0.15) is 29.8 Å². The highest BCUT2D eigenvalue weighted by molar-refractivity contribution is 6.26. The zero-order chi connectivity index (χ0) is 69.1. The monoisotopic (exact) mass is 1340 g/mol. The van der Waals surface area contributed by atoms with E-state index >= 15 is 4.79 Å². The van der Waals surface area contributed by atoms with E-state index in [2.05, 4.69) is 25.2 Å². The third-order valence-electron chi connectivity index (χ3n) is 22.2. The number of alkyl carbamates (subject to hydrolysis) is 1. The van der Waals surface area contributed by atoms with Crippen LogP contribution in [0.4, 0.5) is 4.79 Å². The van der Waals surface area contributed by atoms with Crippen molar-refractivity contribution in [1.82, 2.24) is 10.5 Å². The number of hydrogen-bond donors (Lipinski definition) is 6. The van der Waals surface area contributed by atoms with E-state index in [1.54, 1.807) is 47.6 Å². The first-order valence-electron chi connectivity index (χ1n) is 34.0. The molecule has 0 unspecified atom stereocenters. The molecule has 1 spiro atoms. The van der Waals surface area contributed by atoms with Crippen LogP contribution in [-0.2, 0) is 80.8 Å². The molecular formula is C69H101N2O24-. The maximum atomic E-state index is 15.6. The van der Waals surface area contributed by atoms with Crippen molar-refractivity contribution < 1.29 is 111 Å². The van der Waals surface area contributed by atoms with Gasteiger partial charge in [-0.05, 0) is 116 Å². The Bertz CT molecular complexity index is 2960. The van der Waals surface area contributed by atoms with Crippen molar-refractivity contribution in [3.05, 3.63) is 63.6 Å². The number of fused-ring (bicyclic) bond motifs is 4. The Balaban J connectivity index is 0.913. The maximum Gasteiger partial charge on any atom is 0.407 e. The van der Waals surface area contributed by atoms with E-state index in [-0.39, 0.29) is 48.3 Å². The van der Waals surface area contributed by atoms with Crippen LogP contribution >= 0.6 is 0 Å². The Morgan fingerprint density at radius 1 is 0.726 bits per heavy atom. The van der Waals surface area contributed by atoms with Gasteiger partial charge in [0.15, 0.2) is 43.2 Å². The van der Waals surface area contributed by atoms with Crippen LogP contribution in [0.5, 0.6) is 0 Å². The molecule has 10 rings (SSSR count). The van der Waals surface area contributed by atoms with Crippen molar-refractivity contribution in [2.24, 2.45) is 46.8 Å². The van der Waals surface area contributed by atoms with E-state index in [9.17, 15) is 50.0 Å². The second-order valence-corrected chi connectivity index (χ2v) is 29.2. The number of hydroxylamine groups is 2. The number of ether oxygens (including phenoxy) is 13. The summed E-state index contributed by atoms with van der Waals surface area (Å²) in [6.45, 7) is 23.4. The van der Waals surface area contributed by atoms with Crippen LogP contribution in [-0.4, -0.2) is 202 Å². The van der Waals surface area contributed by atoms with Crippen molar-refractivity contribution in [3.8, 4) is 0 Å². The van der Waals surface area contributed by atoms with E-state index in [0.717, 1.165) is 12.7 Å². The molecule has 532 valence electrons. The summed E-state index contributed by atoms with van der Waals surface area (Å²) in [5.74, 6) is -6.80. The molecule has 6 saturated heterocycles. The van der Waals surface area contributed by atoms with Gasteiger partial charge in [-0.15, -0.1) is 0 Å². The SMILES string of the molecule is COC(=O)N[C@@H]1[C@@H](C)O[C@@H](O[C@H]2C/C=C(/C)[C@@H]3C=C[C@H]4[C@H](O[C@H]5C[C@@H](O[C@@H]6CC[C@@H](O[C@@H]7C[C@H](O)[C@H](O[C@@H]8CC[C@H](O)[C@H](C)O8)[C@H](C)O7)[C@@H](C)O6)[C@@H](OC(=O)C(C)C)[C@@H](C)O5)[C@H](C)C[C@@H](C)[C@@H]4[C@@]3(C)C(O)=C3C(=O)O[C@]4(CC(C=O)=C[C@@H](O)[C@@H]4/C=C/2C)C3=O)C[C@@]1(C)N([O-])O. The highest BCUT2D eigenvalue weighted by Crippen LogP contribution is 2.61. The minimum atomic E-state index is -2.20. The summed E-state index contributed by atoms with van der Waals surface area (Å²) < 4.78 is 82.2. The molecule has 4 aliphatic carbocycles. The van der Waals surface area contributed by atoms with E-state index < -0.39 is 211 Å². The first-order chi connectivity index (χ1) is 44.8. The lowest BCUT2D eigenvalue weighted by Gasteiger charge is -2.56. The quantitative estimate of drug-likeness (QED) is 0.0242. The third-order valence-corrected chi connectivity index (χ3v) is 22.2. The normalized spacial score (nSPS) is 46.8. The third kappa shape index (κ3) is 14.6. The van der Waals surface area contributed by atoms with E-state index in [4.69, 9.17) is 61.6 Å². The Labute approximate surface area is 555 Å². The van der Waals surface area contributed by atoms with Gasteiger partial charge in [0.2, 0.25) is 5.78 Å². The summed E-state index contributed by atoms with van der Waals surface area (Å²) in [6.07, 6.45) is -3.97. The number of allylic oxidation sites excluding steroid dienone is 3. The van der Waals surface area contributed by atoms with Gasteiger partial charge in [0.25, 0.3) is 0 Å². The van der Waals surface area contributed by atoms with Crippen LogP contribution < -0.4 is 5.32 Å². The largest absolute Gasteiger partial charge is 0.762 e. The molecule has 26 nitrogen and oxygen atoms in total. The average molecular weight is 1340 g/mol. The predicted octanol–water partition coefficient (Wildman–Crippen LogP) is 6.91. The fraction of sp³-hybridized carbons (Fsp3) is 0.783. The number of Topliss-reactive ketones (excluding diaryl/α,β-unsaturated/α-hetero) is 1. The highest BCUT2D eigenvalue weighted by Gasteiger charge is 2.65. The first kappa shape index (κ1) is 73.1. The molecule has 1 saturated carbocycles. The molecular weight excluding hydrogens is 1240 g/mol. The summed E-state index contributed by atoms with van der Waals surface area (Å²) in [5, 5.41) is 72.6. The van der Waals surface area contributed by atoms with Crippen LogP contribution in [0.2, 0.25) is 0 Å². The standard InChI is InChI=1S/C69H101N2O24/c1-31(2)64(78)94-60-39(10)87-54(27-50(60)91-51-22-20-49(37(8)85-51)90-53-26-47(75)59(38(9)86-53)92-52-21-18-45(73)36(7)84-52)93-58-35(6)23-34(5)57-42(58)16-17-43-32(3)15-19-48(89-55-29-67(12,71(81)82)61(40(11)88-55)70-66(80)83-14)33(4)24-44-46(74)25-41(30-72)28-69(44)63(77)56(65(79)95-69)62(76)68(43,57)13/h15-17,24-25,30-31,34-40,42-55,57-61,73-76,81H,18-23,26-29H2,1-14H3,(H,70,80)/q-1/b32-15-,33-24+,62-56?/t34-,35-,36+,37-,38+,39-,40-,42-,43+,44+,45+,46-,47+,48+,49-,50-,51-,52-,53-,54+,55+,57+,58-,59-,60+,61-,67-,68+,69+/m1/s1. The fourth-order valence-electron chi connectivity index (χ4n) is 17.0. The number of aldehydes is 1. The molecule has 0 aromatic heterocycles. The number of amides is 1. The molecule has 0 radical (unpaired) electrons. The van der Waals surface area contributed by atoms with Gasteiger partial charge in [-0.3, -0.25) is 19.6 Å². The van der Waals surface area contributed by atoms with Gasteiger partial charge in [0, 0.05) is 55.8 Å². The molecule has 26 heteroatoms. The predicted molar refractivity (Wildman–Crippen MR) is 334 cm³/mol. The van der Waals surface area contributed by atoms with Gasteiger partial charge in [-0.2, -0.15) is 0 Å². The fourth-order valence-corrected chi connectivity index (χ4v) is 17.0. The molecule has 1 amide bonds. The van der Waals surface area contributed by atoms with Crippen LogP contribution in [0.15, 0.2) is 58.4 Å². The number of aliphatic hydroxyl groups excluding tert-OH is 4. The smallest absolute Gasteiger partial charge is 0.407 e. The van der Waals surface area contributed by atoms with Crippen molar-refractivity contribution >= 4 is 30.1 Å². The summed E-state index contributed by atoms with van der Waals surface area (Å²) in [5.41, 5.74) is -4.76. The number of carbonyl (C=O) groups is 5. The van der Waals surface area contributed by atoms with Crippen molar-refractivity contribution in [1.29, 1.82) is 0 Å². The van der Waals surface area contributed by atoms with Gasteiger partial charge in [-0.25, -0.2) is 9.59 Å². The van der Waals surface area contributed by atoms with Gasteiger partial charge < -0.3 is 97.7 Å². The van der Waals surface area contributed by atoms with Crippen molar-refractivity contribution in [2.45, 2.75) is 288 Å². The van der Waals surface area contributed by atoms with Gasteiger partial charge in [0.05, 0.1) is 97.7 Å². The number of nitrogens with zero attached hydrogens (tertiary/aromatic N) is 1. The number of esters is 2. The molecule has 10 aliphatic rings. The lowest BCUT2D eigenvalue weighted by molar-refractivity contribution is -0.331. The van der Waals surface area contributed by atoms with Crippen LogP contribution in [0.25, 0.3) is 0 Å². The second kappa shape index (κ2) is 29.3. The Kier molecular flexibility index (Phi) is 22.6. The molecule has 6 N–H and O–H groups in total. The van der Waals surface area contributed by atoms with Gasteiger partial charge >= 0.3 is 18.0 Å². The molecule has 0 aromatic rings. The number of aliphatic hydroxyl groups is 4. The van der Waals surface area contributed by atoms with Crippen LogP contribution in [0.1, 0.15) is 154 Å². The summed E-state index contributed by atoms with van der Waals surface area (Å²) >= 11 is 0. The molecule has 2 bridgehead atoms. The maximum absolute atomic E-state index is 15.6. The topological polar surface area (TPSA) is 345 Å². The Hall–Kier alpha value is -4.59. The summed E-state index contributed by atoms with van der Waals surface area (Å²) in [6, 6.07) is -1.06. The van der Waals surface area contributed by atoms with Crippen LogP contribution in [0, 0.1) is 52.0 Å². The lowest BCUT2D eigenvalue weighted by Crippen LogP contribution is -2.67. The Morgan fingerprint density at radius 3 is 2.01 bits per heavy atom. The van der Waals surface area contributed by atoms with Crippen LogP contribution in [0.3, 0.4) is 0 Å². The molecule has 95 heavy (non-hydrogen) atoms. The lowest BCUT2D eigenvalue weighted by atomic mass is 9.49. The highest BCUT2D eigenvalue weighted by atomic mass is 16.8. The summed E-state index contributed by atoms with van der Waals surface area (Å²) in [7, 11) is 1.16. The number of carbonyl (C=O) groups excluding carboxylic acids is 5. The van der Waals surface area contributed by atoms with Gasteiger partial charge in [-0.1, -0.05) is 64.5 Å². The van der Waals surface area contributed by atoms with Crippen molar-refractivity contribution in [3.63, 3.8) is 0 Å². The molecule has 0 aromatic carbocycles. The molecule has 7 fully saturated rings. The first-order valence-corrected chi connectivity index (χ1v) is 34.0. The zero-order valence-electron chi connectivity index (χ0n) is 57.1. The average Bonchev–Trinajstić information content (AvgIpc) is 1.52. The minimum Gasteiger partial charge on any atom is -0.762 e. The van der Waals surface area contributed by atoms with Crippen molar-refractivity contribution in [2.75, 3.05) is 7.11 Å². The van der Waals surface area contributed by atoms with E-state index in [1.807, 2.05) is 39.8 Å². The van der Waals surface area contributed by atoms with E-state index in [0.29, 0.717) is 44.0 Å². The summed E-state index contributed by atoms with van der Waals surface area (Å²) in [4.78, 5) is 68.9. The molecule has 6 heterocycles. The van der Waals surface area contributed by atoms with E-state index in [1.165, 1.54) is 13.0 Å². The number of hydrogen-bond acceptors (Lipinski definition) is 25.